The maximum atomic E-state index is 11.5. The molecule has 0 aliphatic heterocycles. The highest BCUT2D eigenvalue weighted by atomic mass is 32.2. The number of thioether (sulfide) groups is 1. The van der Waals surface area contributed by atoms with Crippen LogP contribution in [0, 0.1) is 0 Å². The number of nitrogens with zero attached hydrogens (tertiary/aromatic N) is 4. The van der Waals surface area contributed by atoms with Gasteiger partial charge in [-0.25, -0.2) is 0 Å². The summed E-state index contributed by atoms with van der Waals surface area (Å²) in [7, 11) is 2.16. The van der Waals surface area contributed by atoms with Crippen molar-refractivity contribution in [1.29, 1.82) is 0 Å². The zero-order chi connectivity index (χ0) is 43.9. The van der Waals surface area contributed by atoms with E-state index < -0.39 is 0 Å². The van der Waals surface area contributed by atoms with E-state index in [-0.39, 0.29) is 10.8 Å². The molecule has 0 atom stereocenters. The minimum atomic E-state index is -0.188. The SMILES string of the molecule is CCCCCCCCCCCCCCCCCCSc1nnn(SCCCCCCCCCCCCCCCCCC)c1N(C)c1cc(C(C)(C)C)c(O)c(C(C)(C)C)c1. The number of rotatable bonds is 38. The molecule has 0 saturated heterocycles. The van der Waals surface area contributed by atoms with Gasteiger partial charge in [0.15, 0.2) is 10.8 Å². The number of anilines is 2. The van der Waals surface area contributed by atoms with Crippen LogP contribution in [0.25, 0.3) is 0 Å². The van der Waals surface area contributed by atoms with Gasteiger partial charge < -0.3 is 10.0 Å². The summed E-state index contributed by atoms with van der Waals surface area (Å²) in [5.41, 5.74) is 2.68. The van der Waals surface area contributed by atoms with Gasteiger partial charge in [0.25, 0.3) is 0 Å². The zero-order valence-corrected chi connectivity index (χ0v) is 42.9. The lowest BCUT2D eigenvalue weighted by Crippen LogP contribution is -2.20. The molecule has 0 unspecified atom stereocenters. The van der Waals surface area contributed by atoms with Gasteiger partial charge in [-0.1, -0.05) is 253 Å². The van der Waals surface area contributed by atoms with Crippen LogP contribution in [-0.2, 0) is 10.8 Å². The van der Waals surface area contributed by atoms with Gasteiger partial charge in [0.05, 0.1) is 0 Å². The highest BCUT2D eigenvalue weighted by Gasteiger charge is 2.29. The number of aromatic hydroxyl groups is 1. The summed E-state index contributed by atoms with van der Waals surface area (Å²) in [5, 5.41) is 22.0. The summed E-state index contributed by atoms with van der Waals surface area (Å²) in [6.07, 6.45) is 44.5. The standard InChI is InChI=1S/C53H98N4OS2/c1-10-12-14-16-18-20-22-24-26-28-30-32-34-36-38-40-42-59-50-51(56(9)46-44-47(52(3,4)5)49(58)48(45-46)53(6,7)8)57(55-54-50)60-43-41-39-37-35-33-31-29-27-25-23-21-19-17-15-13-11-2/h44-45,58H,10-43H2,1-9H3. The van der Waals surface area contributed by atoms with E-state index in [2.05, 4.69) is 83.6 Å². The van der Waals surface area contributed by atoms with Crippen molar-refractivity contribution < 1.29 is 5.11 Å². The average Bonchev–Trinajstić information content (AvgIpc) is 3.61. The number of phenols is 1. The van der Waals surface area contributed by atoms with Crippen LogP contribution in [0.5, 0.6) is 5.75 Å². The fraction of sp³-hybridized carbons (Fsp3) is 0.849. The van der Waals surface area contributed by atoms with Gasteiger partial charge in [0.1, 0.15) is 5.75 Å². The van der Waals surface area contributed by atoms with Crippen molar-refractivity contribution in [3.8, 4) is 5.75 Å². The maximum Gasteiger partial charge on any atom is 0.178 e. The normalized spacial score (nSPS) is 12.2. The molecule has 60 heavy (non-hydrogen) atoms. The van der Waals surface area contributed by atoms with Crippen LogP contribution in [-0.4, -0.2) is 38.1 Å². The van der Waals surface area contributed by atoms with Crippen LogP contribution < -0.4 is 4.90 Å². The van der Waals surface area contributed by atoms with Crippen molar-refractivity contribution in [1.82, 2.24) is 14.4 Å². The molecule has 0 aliphatic carbocycles. The molecular formula is C53H98N4OS2. The van der Waals surface area contributed by atoms with E-state index in [4.69, 9.17) is 10.3 Å². The van der Waals surface area contributed by atoms with E-state index in [0.717, 1.165) is 39.2 Å². The minimum Gasteiger partial charge on any atom is -0.507 e. The molecule has 2 rings (SSSR count). The Morgan fingerprint density at radius 1 is 0.500 bits per heavy atom. The van der Waals surface area contributed by atoms with Gasteiger partial charge in [-0.15, -0.1) is 16.9 Å². The molecule has 0 bridgehead atoms. The Kier molecular flexibility index (Phi) is 30.3. The van der Waals surface area contributed by atoms with Gasteiger partial charge in [-0.3, -0.25) is 0 Å². The topological polar surface area (TPSA) is 54.2 Å². The smallest absolute Gasteiger partial charge is 0.178 e. The third kappa shape index (κ3) is 23.9. The molecule has 1 heterocycles. The molecule has 2 aromatic rings. The molecular weight excluding hydrogens is 773 g/mol. The summed E-state index contributed by atoms with van der Waals surface area (Å²) in [4.78, 5) is 2.28. The first-order valence-corrected chi connectivity index (χ1v) is 27.7. The van der Waals surface area contributed by atoms with E-state index >= 15 is 0 Å². The lowest BCUT2D eigenvalue weighted by molar-refractivity contribution is 0.423. The summed E-state index contributed by atoms with van der Waals surface area (Å²) in [6.45, 7) is 17.8. The van der Waals surface area contributed by atoms with Crippen LogP contribution in [0.3, 0.4) is 0 Å². The van der Waals surface area contributed by atoms with E-state index in [1.807, 2.05) is 11.8 Å². The average molecular weight is 872 g/mol. The van der Waals surface area contributed by atoms with Gasteiger partial charge in [-0.2, -0.15) is 4.09 Å². The summed E-state index contributed by atoms with van der Waals surface area (Å²) in [6, 6.07) is 4.37. The van der Waals surface area contributed by atoms with Gasteiger partial charge in [0, 0.05) is 29.6 Å². The summed E-state index contributed by atoms with van der Waals surface area (Å²) < 4.78 is 2.08. The molecule has 348 valence electrons. The molecule has 0 aliphatic rings. The second-order valence-electron chi connectivity index (χ2n) is 20.3. The molecule has 5 nitrogen and oxygen atoms in total. The van der Waals surface area contributed by atoms with Gasteiger partial charge in [0.2, 0.25) is 0 Å². The Balaban J connectivity index is 1.85. The van der Waals surface area contributed by atoms with Crippen molar-refractivity contribution in [2.24, 2.45) is 0 Å². The number of hydrogen-bond donors (Lipinski definition) is 1. The summed E-state index contributed by atoms with van der Waals surface area (Å²) >= 11 is 3.67. The number of phenolic OH excluding ortho intramolecular Hbond substituents is 1. The maximum absolute atomic E-state index is 11.5. The van der Waals surface area contributed by atoms with Crippen LogP contribution >= 0.6 is 23.7 Å². The second kappa shape index (κ2) is 33.2. The fourth-order valence-electron chi connectivity index (χ4n) is 8.40. The molecule has 0 fully saturated rings. The number of benzene rings is 1. The first-order valence-electron chi connectivity index (χ1n) is 25.7. The highest BCUT2D eigenvalue weighted by Crippen LogP contribution is 2.44. The molecule has 0 spiro atoms. The van der Waals surface area contributed by atoms with E-state index in [0.29, 0.717) is 5.75 Å². The molecule has 0 saturated carbocycles. The van der Waals surface area contributed by atoms with Crippen molar-refractivity contribution in [3.05, 3.63) is 23.3 Å². The minimum absolute atomic E-state index is 0.188. The quantitative estimate of drug-likeness (QED) is 0.0536. The zero-order valence-electron chi connectivity index (χ0n) is 41.2. The molecule has 7 heteroatoms. The molecule has 1 aromatic heterocycles. The fourth-order valence-corrected chi connectivity index (χ4v) is 10.4. The van der Waals surface area contributed by atoms with E-state index in [1.165, 1.54) is 205 Å². The van der Waals surface area contributed by atoms with Gasteiger partial charge >= 0.3 is 0 Å². The Morgan fingerprint density at radius 3 is 1.15 bits per heavy atom. The van der Waals surface area contributed by atoms with E-state index in [1.54, 1.807) is 11.9 Å². The Hall–Kier alpha value is -1.34. The Morgan fingerprint density at radius 2 is 0.817 bits per heavy atom. The number of aromatic nitrogens is 3. The molecule has 1 N–H and O–H groups in total. The van der Waals surface area contributed by atoms with Gasteiger partial charge in [-0.05, 0) is 53.5 Å². The third-order valence-corrected chi connectivity index (χ3v) is 14.4. The predicted molar refractivity (Wildman–Crippen MR) is 271 cm³/mol. The van der Waals surface area contributed by atoms with Crippen LogP contribution in [0.1, 0.15) is 272 Å². The highest BCUT2D eigenvalue weighted by molar-refractivity contribution is 7.99. The lowest BCUT2D eigenvalue weighted by atomic mass is 9.79. The Labute approximate surface area is 382 Å². The van der Waals surface area contributed by atoms with Crippen molar-refractivity contribution in [2.45, 2.75) is 277 Å². The van der Waals surface area contributed by atoms with E-state index in [9.17, 15) is 5.11 Å². The van der Waals surface area contributed by atoms with Crippen molar-refractivity contribution in [2.75, 3.05) is 23.5 Å². The largest absolute Gasteiger partial charge is 0.507 e. The summed E-state index contributed by atoms with van der Waals surface area (Å²) in [5.74, 6) is 3.60. The van der Waals surface area contributed by atoms with Crippen molar-refractivity contribution >= 4 is 35.2 Å². The van der Waals surface area contributed by atoms with Crippen LogP contribution in [0.2, 0.25) is 0 Å². The Bertz CT molecular complexity index is 1240. The second-order valence-corrected chi connectivity index (χ2v) is 22.4. The molecule has 1 aromatic carbocycles. The first-order chi connectivity index (χ1) is 28.9. The van der Waals surface area contributed by atoms with Crippen LogP contribution in [0.15, 0.2) is 17.2 Å². The monoisotopic (exact) mass is 871 g/mol. The van der Waals surface area contributed by atoms with Crippen molar-refractivity contribution in [3.63, 3.8) is 0 Å². The number of hydrogen-bond acceptors (Lipinski definition) is 6. The lowest BCUT2D eigenvalue weighted by Gasteiger charge is -2.30. The third-order valence-electron chi connectivity index (χ3n) is 12.5. The predicted octanol–water partition coefficient (Wildman–Crippen LogP) is 18.5. The molecule has 0 radical (unpaired) electrons. The number of unbranched alkanes of at least 4 members (excludes halogenated alkanes) is 30. The first kappa shape index (κ1) is 54.8. The van der Waals surface area contributed by atoms with Crippen LogP contribution in [0.4, 0.5) is 11.5 Å². The molecule has 0 amide bonds.